The molecule has 2 aliphatic heterocycles. The summed E-state index contributed by atoms with van der Waals surface area (Å²) in [5.74, 6) is -2.28. The van der Waals surface area contributed by atoms with E-state index in [4.69, 9.17) is 14.1 Å². The van der Waals surface area contributed by atoms with Crippen LogP contribution in [-0.4, -0.2) is 70.6 Å². The van der Waals surface area contributed by atoms with Crippen molar-refractivity contribution in [2.24, 2.45) is 17.3 Å². The third-order valence-corrected chi connectivity index (χ3v) is 15.2. The Bertz CT molecular complexity index is 2800. The maximum atomic E-state index is 15.0. The first-order valence-corrected chi connectivity index (χ1v) is 23.9. The van der Waals surface area contributed by atoms with Crippen molar-refractivity contribution in [2.75, 3.05) is 6.54 Å². The molecule has 1 N–H and O–H groups in total. The van der Waals surface area contributed by atoms with Gasteiger partial charge in [0, 0.05) is 41.7 Å². The Balaban J connectivity index is 1.07. The van der Waals surface area contributed by atoms with Gasteiger partial charge in [-0.3, -0.25) is 23.9 Å². The zero-order valence-electron chi connectivity index (χ0n) is 35.8. The third-order valence-electron chi connectivity index (χ3n) is 13.3. The van der Waals surface area contributed by atoms with Gasteiger partial charge in [0.15, 0.2) is 17.4 Å². The lowest BCUT2D eigenvalue weighted by atomic mass is 9.89. The smallest absolute Gasteiger partial charge is 0.416 e. The molecule has 0 radical (unpaired) electrons. The number of furan rings is 1. The average molecular weight is 911 g/mol. The Morgan fingerprint density at radius 2 is 1.71 bits per heavy atom. The number of ketones is 2. The fraction of sp³-hybridized carbons (Fsp3) is 0.429. The van der Waals surface area contributed by atoms with E-state index in [2.05, 4.69) is 9.71 Å². The van der Waals surface area contributed by atoms with E-state index in [1.165, 1.54) is 17.0 Å². The number of halogens is 3. The minimum Gasteiger partial charge on any atom is -0.470 e. The van der Waals surface area contributed by atoms with Gasteiger partial charge in [0.1, 0.15) is 17.2 Å². The molecule has 4 heterocycles. The predicted octanol–water partition coefficient (Wildman–Crippen LogP) is 8.96. The number of ether oxygens (including phenoxy) is 1. The molecule has 9 rings (SSSR count). The molecular weight excluding hydrogens is 862 g/mol. The van der Waals surface area contributed by atoms with Crippen molar-refractivity contribution in [2.45, 2.75) is 108 Å². The third kappa shape index (κ3) is 9.18. The molecule has 2 saturated carbocycles. The molecule has 16 heteroatoms. The van der Waals surface area contributed by atoms with Crippen molar-refractivity contribution in [1.82, 2.24) is 19.6 Å². The van der Waals surface area contributed by atoms with Gasteiger partial charge in [-0.1, -0.05) is 80.4 Å². The van der Waals surface area contributed by atoms with E-state index in [1.807, 2.05) is 24.3 Å². The molecule has 2 amide bonds. The molecule has 5 aromatic rings. The number of aromatic nitrogens is 2. The number of amides is 2. The van der Waals surface area contributed by atoms with Gasteiger partial charge < -0.3 is 14.1 Å². The summed E-state index contributed by atoms with van der Waals surface area (Å²) in [5, 5.41) is -0.0305. The summed E-state index contributed by atoms with van der Waals surface area (Å²) in [4.78, 5) is 67.2. The lowest BCUT2D eigenvalue weighted by Crippen LogP contribution is -2.46. The summed E-state index contributed by atoms with van der Waals surface area (Å²) in [7, 11) is -3.92. The number of nitrogens with one attached hydrogen (secondary N) is 1. The number of Topliss-reactive ketones (excluding diaryl/α,β-unsaturated/α-hetero) is 2. The second-order valence-corrected chi connectivity index (χ2v) is 19.9. The van der Waals surface area contributed by atoms with E-state index in [-0.39, 0.29) is 66.3 Å². The van der Waals surface area contributed by atoms with Crippen molar-refractivity contribution in [3.05, 3.63) is 102 Å². The predicted molar refractivity (Wildman–Crippen MR) is 235 cm³/mol. The van der Waals surface area contributed by atoms with E-state index < -0.39 is 62.2 Å². The quantitative estimate of drug-likeness (QED) is 0.106. The Hall–Kier alpha value is -5.90. The largest absolute Gasteiger partial charge is 0.470 e. The summed E-state index contributed by atoms with van der Waals surface area (Å²) in [6, 6.07) is 17.7. The first kappa shape index (κ1) is 44.3. The highest BCUT2D eigenvalue weighted by atomic mass is 32.2. The number of fused-ring (bicyclic) bond motifs is 5. The SMILES string of the molecule is CCC(=O)c1ccc(C[C@H]2CCCCC/C=C\[C@@H]3C[C@@]3(C(=O)NS(=O)(=O)C3CC3)CC(=O)[C@@H]3C[C@@H](Oc4nc(-c5ccc(C(F)(F)F)cc5)nc5c4oc4ccccc45)CN3C2=O)cc1. The van der Waals surface area contributed by atoms with Gasteiger partial charge in [-0.15, -0.1) is 0 Å². The number of allylic oxidation sites excluding steroid dienone is 2. The van der Waals surface area contributed by atoms with Crippen LogP contribution >= 0.6 is 0 Å². The van der Waals surface area contributed by atoms with Gasteiger partial charge in [0.25, 0.3) is 5.88 Å². The molecule has 0 bridgehead atoms. The second-order valence-electron chi connectivity index (χ2n) is 17.9. The van der Waals surface area contributed by atoms with Gasteiger partial charge in [0.2, 0.25) is 27.4 Å². The van der Waals surface area contributed by atoms with E-state index in [9.17, 15) is 36.0 Å². The maximum Gasteiger partial charge on any atom is 0.416 e. The summed E-state index contributed by atoms with van der Waals surface area (Å²) < 4.78 is 81.7. The first-order chi connectivity index (χ1) is 31.1. The molecule has 0 spiro atoms. The molecule has 0 unspecified atom stereocenters. The number of hydrogen-bond donors (Lipinski definition) is 1. The van der Waals surface area contributed by atoms with E-state index >= 15 is 4.79 Å². The Morgan fingerprint density at radius 3 is 2.43 bits per heavy atom. The summed E-state index contributed by atoms with van der Waals surface area (Å²) in [6.07, 6.45) is 3.75. The molecule has 1 saturated heterocycles. The second kappa shape index (κ2) is 17.5. The fourth-order valence-corrected chi connectivity index (χ4v) is 10.8. The molecule has 2 aliphatic carbocycles. The standard InChI is InChI=1S/C49H49F3N4O8S/c1-2-39(57)30-16-14-29(15-17-30)24-32-10-6-4-3-5-7-11-34-26-48(34,47(60)55-65(61,62)36-22-23-36)27-40(58)38-25-35(28-56(38)46(32)59)63-45-43-42(37-12-8-9-13-41(37)64-43)53-44(54-45)31-18-20-33(21-19-31)49(50,51)52/h7-9,11-21,32,34-36,38H,2-6,10,22-28H2,1H3,(H,55,60)/b11-7-/t32-,34-,35-,38+,48-/m1/s1. The molecule has 65 heavy (non-hydrogen) atoms. The van der Waals surface area contributed by atoms with Crippen LogP contribution in [0.2, 0.25) is 0 Å². The van der Waals surface area contributed by atoms with Gasteiger partial charge in [-0.25, -0.2) is 13.4 Å². The van der Waals surface area contributed by atoms with E-state index in [0.29, 0.717) is 54.2 Å². The molecule has 12 nitrogen and oxygen atoms in total. The van der Waals surface area contributed by atoms with Crippen molar-refractivity contribution >= 4 is 55.5 Å². The van der Waals surface area contributed by atoms with Gasteiger partial charge in [-0.2, -0.15) is 18.2 Å². The molecule has 3 fully saturated rings. The topological polar surface area (TPSA) is 166 Å². The number of hydrogen-bond acceptors (Lipinski definition) is 10. The minimum atomic E-state index is -4.55. The van der Waals surface area contributed by atoms with Crippen LogP contribution in [0.15, 0.2) is 89.4 Å². The summed E-state index contributed by atoms with van der Waals surface area (Å²) >= 11 is 0. The Labute approximate surface area is 374 Å². The van der Waals surface area contributed by atoms with Crippen molar-refractivity contribution < 1.29 is 49.9 Å². The highest BCUT2D eigenvalue weighted by Crippen LogP contribution is 2.57. The summed E-state index contributed by atoms with van der Waals surface area (Å²) in [5.41, 5.74) is 0.555. The van der Waals surface area contributed by atoms with Crippen LogP contribution < -0.4 is 9.46 Å². The molecule has 2 aromatic heterocycles. The van der Waals surface area contributed by atoms with E-state index in [1.54, 1.807) is 43.3 Å². The van der Waals surface area contributed by atoms with Crippen LogP contribution in [0.4, 0.5) is 13.2 Å². The van der Waals surface area contributed by atoms with Crippen molar-refractivity contribution in [1.29, 1.82) is 0 Å². The minimum absolute atomic E-state index is 0.00429. The van der Waals surface area contributed by atoms with Crippen LogP contribution in [-0.2, 0) is 37.0 Å². The number of sulfonamides is 1. The van der Waals surface area contributed by atoms with Crippen LogP contribution in [0, 0.1) is 17.3 Å². The van der Waals surface area contributed by atoms with Crippen LogP contribution in [0.1, 0.15) is 99.0 Å². The van der Waals surface area contributed by atoms with Gasteiger partial charge >= 0.3 is 6.18 Å². The monoisotopic (exact) mass is 910 g/mol. The van der Waals surface area contributed by atoms with E-state index in [0.717, 1.165) is 43.4 Å². The number of nitrogens with zero attached hydrogens (tertiary/aromatic N) is 3. The summed E-state index contributed by atoms with van der Waals surface area (Å²) in [6.45, 7) is 1.75. The number of benzene rings is 3. The van der Waals surface area contributed by atoms with Crippen molar-refractivity contribution in [3.63, 3.8) is 0 Å². The normalized spacial score (nSPS) is 24.8. The molecule has 340 valence electrons. The zero-order valence-corrected chi connectivity index (χ0v) is 36.6. The van der Waals surface area contributed by atoms with Crippen molar-refractivity contribution in [3.8, 4) is 17.3 Å². The molecular formula is C49H49F3N4O8S. The molecule has 3 aromatic carbocycles. The average Bonchev–Trinajstić information content (AvgIpc) is 4.19. The highest BCUT2D eigenvalue weighted by molar-refractivity contribution is 7.90. The lowest BCUT2D eigenvalue weighted by Gasteiger charge is -2.29. The number of carbonyl (C=O) groups excluding carboxylic acids is 4. The van der Waals surface area contributed by atoms with Crippen LogP contribution in [0.25, 0.3) is 33.5 Å². The van der Waals surface area contributed by atoms with Crippen LogP contribution in [0.3, 0.4) is 0 Å². The molecule has 4 aliphatic rings. The molecule has 5 atom stereocenters. The fourth-order valence-electron chi connectivity index (χ4n) is 9.38. The number of rotatable bonds is 10. The highest BCUT2D eigenvalue weighted by Gasteiger charge is 2.61. The van der Waals surface area contributed by atoms with Crippen LogP contribution in [0.5, 0.6) is 5.88 Å². The maximum absolute atomic E-state index is 15.0. The number of carbonyl (C=O) groups is 4. The van der Waals surface area contributed by atoms with Gasteiger partial charge in [-0.05, 0) is 80.7 Å². The number of alkyl halides is 3. The Kier molecular flexibility index (Phi) is 11.9. The zero-order chi connectivity index (χ0) is 45.7. The lowest BCUT2D eigenvalue weighted by molar-refractivity contribution is -0.142. The first-order valence-electron chi connectivity index (χ1n) is 22.3. The number of para-hydroxylation sites is 1. The Morgan fingerprint density at radius 1 is 0.954 bits per heavy atom. The van der Waals surface area contributed by atoms with Gasteiger partial charge in [0.05, 0.1) is 28.8 Å².